The molecule has 0 bridgehead atoms. The molecule has 0 aromatic heterocycles. The van der Waals surface area contributed by atoms with Gasteiger partial charge in [-0.25, -0.2) is 4.79 Å². The highest BCUT2D eigenvalue weighted by atomic mass is 16.5. The van der Waals surface area contributed by atoms with Gasteiger partial charge in [0.05, 0.1) is 6.42 Å². The minimum Gasteiger partial charge on any atom is -0.481 e. The maximum absolute atomic E-state index is 13.2. The third kappa shape index (κ3) is 7.33. The van der Waals surface area contributed by atoms with Crippen molar-refractivity contribution in [1.82, 2.24) is 10.6 Å². The number of hydrogen-bond acceptors (Lipinski definition) is 5. The number of likely N-dealkylation sites (N-methyl/N-ethyl adjacent to an activating group) is 1. The molecule has 2 aromatic rings. The number of anilines is 1. The predicted molar refractivity (Wildman–Crippen MR) is 127 cm³/mol. The van der Waals surface area contributed by atoms with Crippen LogP contribution in [0.2, 0.25) is 0 Å². The highest BCUT2D eigenvalue weighted by molar-refractivity contribution is 6.04. The van der Waals surface area contributed by atoms with Crippen molar-refractivity contribution in [3.8, 4) is 0 Å². The first-order chi connectivity index (χ1) is 16.0. The summed E-state index contributed by atoms with van der Waals surface area (Å²) >= 11 is 0. The number of benzene rings is 2. The zero-order valence-electron chi connectivity index (χ0n) is 19.8. The number of carboxylic acids is 1. The van der Waals surface area contributed by atoms with Crippen LogP contribution < -0.4 is 15.5 Å². The van der Waals surface area contributed by atoms with Crippen molar-refractivity contribution in [2.75, 3.05) is 11.9 Å². The number of aliphatic carboxylic acids is 1. The molecule has 2 atom stereocenters. The molecule has 2 aromatic carbocycles. The quantitative estimate of drug-likeness (QED) is 0.491. The molecule has 1 unspecified atom stereocenters. The Balaban J connectivity index is 2.14. The summed E-state index contributed by atoms with van der Waals surface area (Å²) in [6, 6.07) is 16.7. The Morgan fingerprint density at radius 2 is 1.56 bits per heavy atom. The Morgan fingerprint density at radius 1 is 1.00 bits per heavy atom. The monoisotopic (exact) mass is 469 g/mol. The highest BCUT2D eigenvalue weighted by Crippen LogP contribution is 2.20. The Hall–Kier alpha value is -3.88. The molecule has 0 heterocycles. The number of amides is 3. The zero-order chi connectivity index (χ0) is 25.3. The summed E-state index contributed by atoms with van der Waals surface area (Å²) in [6.07, 6.45) is -1.44. The topological polar surface area (TPSA) is 125 Å². The van der Waals surface area contributed by atoms with Gasteiger partial charge in [-0.2, -0.15) is 0 Å². The number of nitrogens with zero attached hydrogens (tertiary/aromatic N) is 1. The van der Waals surface area contributed by atoms with Crippen LogP contribution in [0.15, 0.2) is 60.7 Å². The van der Waals surface area contributed by atoms with Crippen molar-refractivity contribution >= 4 is 29.6 Å². The molecule has 0 saturated heterocycles. The van der Waals surface area contributed by atoms with Gasteiger partial charge in [-0.05, 0) is 30.5 Å². The third-order valence-electron chi connectivity index (χ3n) is 5.26. The molecule has 3 amide bonds. The Kier molecular flexibility index (Phi) is 9.18. The Bertz CT molecular complexity index is 996. The summed E-state index contributed by atoms with van der Waals surface area (Å²) in [4.78, 5) is 51.5. The van der Waals surface area contributed by atoms with E-state index >= 15 is 0 Å². The number of carbonyl (C=O) groups is 4. The summed E-state index contributed by atoms with van der Waals surface area (Å²) in [5, 5.41) is 14.5. The van der Waals surface area contributed by atoms with E-state index < -0.39 is 41.9 Å². The normalized spacial score (nSPS) is 13.3. The number of carboxylic acid groups (broad SMARTS) is 1. The molecule has 0 aliphatic rings. The van der Waals surface area contributed by atoms with Crippen LogP contribution in [0, 0.1) is 5.92 Å². The average molecular weight is 470 g/mol. The van der Waals surface area contributed by atoms with E-state index in [9.17, 15) is 24.3 Å². The zero-order valence-corrected chi connectivity index (χ0v) is 19.8. The van der Waals surface area contributed by atoms with E-state index in [2.05, 4.69) is 10.6 Å². The number of ether oxygens (including phenoxy) is 1. The van der Waals surface area contributed by atoms with E-state index in [1.54, 1.807) is 56.3 Å². The lowest BCUT2D eigenvalue weighted by molar-refractivity contribution is -0.143. The molecule has 9 heteroatoms. The fourth-order valence-electron chi connectivity index (χ4n) is 3.39. The van der Waals surface area contributed by atoms with Crippen LogP contribution in [-0.4, -0.2) is 47.6 Å². The first kappa shape index (κ1) is 26.4. The highest BCUT2D eigenvalue weighted by Gasteiger charge is 2.41. The number of alkyl carbamates (subject to hydrolysis) is 1. The summed E-state index contributed by atoms with van der Waals surface area (Å²) in [6.45, 7) is 4.81. The van der Waals surface area contributed by atoms with E-state index in [0.717, 1.165) is 5.56 Å². The van der Waals surface area contributed by atoms with Crippen LogP contribution in [0.3, 0.4) is 0 Å². The third-order valence-corrected chi connectivity index (χ3v) is 5.26. The number of nitrogens with one attached hydrogen (secondary N) is 2. The van der Waals surface area contributed by atoms with Crippen LogP contribution in [-0.2, 0) is 25.7 Å². The van der Waals surface area contributed by atoms with Gasteiger partial charge in [0.1, 0.15) is 18.2 Å². The molecule has 182 valence electrons. The van der Waals surface area contributed by atoms with Crippen LogP contribution in [0.1, 0.15) is 32.8 Å². The fourth-order valence-corrected chi connectivity index (χ4v) is 3.39. The van der Waals surface area contributed by atoms with Crippen LogP contribution in [0.25, 0.3) is 0 Å². The molecule has 34 heavy (non-hydrogen) atoms. The molecule has 0 radical (unpaired) electrons. The largest absolute Gasteiger partial charge is 0.481 e. The standard InChI is InChI=1S/C25H31N3O6/c1-17(2)21(26-24(33)34-16-18-11-7-5-8-12-18)22(31)27-25(3,15-20(29)30)23(32)28(4)19-13-9-6-10-14-19/h5-14,17,21H,15-16H2,1-4H3,(H,26,33)(H,27,31)(H,29,30)/t21-,25?/m0/s1. The molecule has 0 fully saturated rings. The van der Waals surface area contributed by atoms with Crippen molar-refractivity contribution < 1.29 is 29.0 Å². The second kappa shape index (κ2) is 11.8. The fraction of sp³-hybridized carbons (Fsp3) is 0.360. The maximum Gasteiger partial charge on any atom is 0.408 e. The Morgan fingerprint density at radius 3 is 2.09 bits per heavy atom. The van der Waals surface area contributed by atoms with E-state index in [4.69, 9.17) is 4.74 Å². The van der Waals surface area contributed by atoms with E-state index in [0.29, 0.717) is 5.69 Å². The van der Waals surface area contributed by atoms with Crippen molar-refractivity contribution in [3.63, 3.8) is 0 Å². The van der Waals surface area contributed by atoms with Gasteiger partial charge in [0.25, 0.3) is 5.91 Å². The summed E-state index contributed by atoms with van der Waals surface area (Å²) < 4.78 is 5.20. The van der Waals surface area contributed by atoms with Gasteiger partial charge < -0.3 is 25.4 Å². The smallest absolute Gasteiger partial charge is 0.408 e. The molecule has 0 saturated carbocycles. The van der Waals surface area contributed by atoms with Gasteiger partial charge in [-0.3, -0.25) is 14.4 Å². The molecular weight excluding hydrogens is 438 g/mol. The van der Waals surface area contributed by atoms with Crippen molar-refractivity contribution in [2.45, 2.75) is 45.4 Å². The number of hydrogen-bond donors (Lipinski definition) is 3. The molecule has 0 aliphatic carbocycles. The number of para-hydroxylation sites is 1. The predicted octanol–water partition coefficient (Wildman–Crippen LogP) is 2.95. The lowest BCUT2D eigenvalue weighted by Gasteiger charge is -2.34. The van der Waals surface area contributed by atoms with E-state index in [1.807, 2.05) is 18.2 Å². The van der Waals surface area contributed by atoms with Gasteiger partial charge >= 0.3 is 12.1 Å². The van der Waals surface area contributed by atoms with Crippen LogP contribution >= 0.6 is 0 Å². The van der Waals surface area contributed by atoms with Crippen molar-refractivity contribution in [2.24, 2.45) is 5.92 Å². The second-order valence-corrected chi connectivity index (χ2v) is 8.52. The van der Waals surface area contributed by atoms with Gasteiger partial charge in [0, 0.05) is 12.7 Å². The lowest BCUT2D eigenvalue weighted by Crippen LogP contribution is -2.62. The second-order valence-electron chi connectivity index (χ2n) is 8.52. The first-order valence-electron chi connectivity index (χ1n) is 10.9. The van der Waals surface area contributed by atoms with E-state index in [1.165, 1.54) is 18.9 Å². The van der Waals surface area contributed by atoms with Crippen LogP contribution in [0.5, 0.6) is 0 Å². The number of rotatable bonds is 10. The van der Waals surface area contributed by atoms with Crippen molar-refractivity contribution in [3.05, 3.63) is 66.2 Å². The average Bonchev–Trinajstić information content (AvgIpc) is 2.80. The SMILES string of the molecule is CC(C)[C@H](NC(=O)OCc1ccccc1)C(=O)NC(C)(CC(=O)O)C(=O)N(C)c1ccccc1. The minimum atomic E-state index is -1.75. The Labute approximate surface area is 199 Å². The molecule has 0 spiro atoms. The molecule has 9 nitrogen and oxygen atoms in total. The van der Waals surface area contributed by atoms with E-state index in [-0.39, 0.29) is 12.5 Å². The number of carbonyl (C=O) groups excluding carboxylic acids is 3. The van der Waals surface area contributed by atoms with Crippen LogP contribution in [0.4, 0.5) is 10.5 Å². The first-order valence-corrected chi connectivity index (χ1v) is 10.9. The van der Waals surface area contributed by atoms with Gasteiger partial charge in [0.15, 0.2) is 0 Å². The maximum atomic E-state index is 13.2. The van der Waals surface area contributed by atoms with Gasteiger partial charge in [-0.1, -0.05) is 62.4 Å². The summed E-state index contributed by atoms with van der Waals surface area (Å²) in [7, 11) is 1.50. The summed E-state index contributed by atoms with van der Waals surface area (Å²) in [5.74, 6) is -2.91. The molecule has 2 rings (SSSR count). The van der Waals surface area contributed by atoms with Crippen molar-refractivity contribution in [1.29, 1.82) is 0 Å². The molecule has 3 N–H and O–H groups in total. The minimum absolute atomic E-state index is 0.0240. The lowest BCUT2D eigenvalue weighted by atomic mass is 9.93. The summed E-state index contributed by atoms with van der Waals surface area (Å²) in [5.41, 5.74) is -0.427. The van der Waals surface area contributed by atoms with Gasteiger partial charge in [-0.15, -0.1) is 0 Å². The van der Waals surface area contributed by atoms with Gasteiger partial charge in [0.2, 0.25) is 5.91 Å². The molecule has 0 aliphatic heterocycles. The molecular formula is C25H31N3O6.